The Hall–Kier alpha value is -0.390. The smallest absolute Gasteiger partial charge is 0.166 e. The first-order valence-electron chi connectivity index (χ1n) is 6.91. The van der Waals surface area contributed by atoms with Crippen molar-refractivity contribution in [2.75, 3.05) is 33.4 Å². The van der Waals surface area contributed by atoms with E-state index in [0.29, 0.717) is 18.7 Å². The number of ether oxygens (including phenoxy) is 1. The van der Waals surface area contributed by atoms with Crippen molar-refractivity contribution in [2.24, 2.45) is 0 Å². The third-order valence-corrected chi connectivity index (χ3v) is 3.86. The topological polar surface area (TPSA) is 36.5 Å². The largest absolute Gasteiger partial charge is 0.383 e. The van der Waals surface area contributed by atoms with Gasteiger partial charge in [-0.05, 0) is 45.5 Å². The predicted molar refractivity (Wildman–Crippen MR) is 80.0 cm³/mol. The van der Waals surface area contributed by atoms with Gasteiger partial charge in [0.05, 0.1) is 6.61 Å². The molecular weight excluding hydrogens is 246 g/mol. The Morgan fingerprint density at radius 1 is 1.44 bits per heavy atom. The second-order valence-corrected chi connectivity index (χ2v) is 5.47. The number of nitrogens with zero attached hydrogens (tertiary/aromatic N) is 1. The van der Waals surface area contributed by atoms with Crippen molar-refractivity contribution in [3.05, 3.63) is 0 Å². The van der Waals surface area contributed by atoms with Crippen molar-refractivity contribution in [3.63, 3.8) is 0 Å². The van der Waals surface area contributed by atoms with Crippen molar-refractivity contribution < 1.29 is 4.74 Å². The van der Waals surface area contributed by atoms with Crippen LogP contribution in [0, 0.1) is 0 Å². The number of rotatable bonds is 6. The molecule has 4 nitrogen and oxygen atoms in total. The highest BCUT2D eigenvalue weighted by Gasteiger charge is 2.22. The Morgan fingerprint density at radius 2 is 2.22 bits per heavy atom. The van der Waals surface area contributed by atoms with Gasteiger partial charge in [-0.15, -0.1) is 0 Å². The van der Waals surface area contributed by atoms with Crippen LogP contribution >= 0.6 is 12.2 Å². The molecule has 2 atom stereocenters. The third kappa shape index (κ3) is 5.50. The molecule has 1 rings (SSSR count). The summed E-state index contributed by atoms with van der Waals surface area (Å²) < 4.78 is 4.97. The summed E-state index contributed by atoms with van der Waals surface area (Å²) in [5, 5.41) is 7.14. The summed E-state index contributed by atoms with van der Waals surface area (Å²) in [6, 6.07) is 1.23. The van der Waals surface area contributed by atoms with Crippen LogP contribution < -0.4 is 10.6 Å². The minimum atomic E-state index is 0.530. The predicted octanol–water partition coefficient (Wildman–Crippen LogP) is 1.36. The number of methoxy groups -OCH3 is 1. The maximum Gasteiger partial charge on any atom is 0.166 e. The molecule has 5 heteroatoms. The van der Waals surface area contributed by atoms with E-state index >= 15 is 0 Å². The quantitative estimate of drug-likeness (QED) is 0.564. The summed E-state index contributed by atoms with van der Waals surface area (Å²) >= 11 is 5.22. The molecule has 0 aromatic rings. The van der Waals surface area contributed by atoms with E-state index in [1.165, 1.54) is 25.8 Å². The molecular formula is C13H27N3OS. The molecule has 2 N–H and O–H groups in total. The van der Waals surface area contributed by atoms with Gasteiger partial charge in [0, 0.05) is 32.3 Å². The van der Waals surface area contributed by atoms with Crippen LogP contribution in [0.1, 0.15) is 33.1 Å². The van der Waals surface area contributed by atoms with Gasteiger partial charge in [-0.3, -0.25) is 4.90 Å². The van der Waals surface area contributed by atoms with Gasteiger partial charge >= 0.3 is 0 Å². The van der Waals surface area contributed by atoms with Crippen molar-refractivity contribution in [2.45, 2.75) is 45.2 Å². The van der Waals surface area contributed by atoms with Crippen molar-refractivity contribution in [1.82, 2.24) is 15.5 Å². The lowest BCUT2D eigenvalue weighted by Gasteiger charge is -2.38. The second kappa shape index (κ2) is 8.67. The molecule has 0 unspecified atom stereocenters. The highest BCUT2D eigenvalue weighted by molar-refractivity contribution is 7.80. The standard InChI is InChI=1S/C13H27N3OS/c1-11-6-4-5-8-16(11)12(2)10-15-13(18)14-7-9-17-3/h11-12H,4-10H2,1-3H3,(H2,14,15,18)/t11-,12-/m0/s1. The molecule has 1 heterocycles. The fourth-order valence-electron chi connectivity index (χ4n) is 2.46. The van der Waals surface area contributed by atoms with Gasteiger partial charge in [0.1, 0.15) is 0 Å². The normalized spacial score (nSPS) is 22.5. The average Bonchev–Trinajstić information content (AvgIpc) is 2.37. The van der Waals surface area contributed by atoms with E-state index < -0.39 is 0 Å². The van der Waals surface area contributed by atoms with Gasteiger partial charge in [0.15, 0.2) is 5.11 Å². The van der Waals surface area contributed by atoms with E-state index in [4.69, 9.17) is 17.0 Å². The van der Waals surface area contributed by atoms with Crippen LogP contribution in [-0.2, 0) is 4.74 Å². The number of hydrogen-bond acceptors (Lipinski definition) is 3. The lowest BCUT2D eigenvalue weighted by Crippen LogP contribution is -2.50. The zero-order chi connectivity index (χ0) is 13.4. The lowest BCUT2D eigenvalue weighted by molar-refractivity contribution is 0.116. The maximum atomic E-state index is 5.22. The summed E-state index contributed by atoms with van der Waals surface area (Å²) in [7, 11) is 1.69. The van der Waals surface area contributed by atoms with E-state index in [0.717, 1.165) is 18.2 Å². The fourth-order valence-corrected chi connectivity index (χ4v) is 2.65. The SMILES string of the molecule is COCCNC(=S)NC[C@H](C)N1CCCC[C@@H]1C. The summed E-state index contributed by atoms with van der Waals surface area (Å²) in [4.78, 5) is 2.58. The number of thiocarbonyl (C=S) groups is 1. The first-order chi connectivity index (χ1) is 8.65. The molecule has 0 aromatic carbocycles. The average molecular weight is 273 g/mol. The molecule has 0 amide bonds. The van der Waals surface area contributed by atoms with Crippen LogP contribution in [0.25, 0.3) is 0 Å². The van der Waals surface area contributed by atoms with Crippen LogP contribution in [0.15, 0.2) is 0 Å². The Labute approximate surface area is 116 Å². The first kappa shape index (κ1) is 15.7. The molecule has 0 spiro atoms. The van der Waals surface area contributed by atoms with Gasteiger partial charge < -0.3 is 15.4 Å². The summed E-state index contributed by atoms with van der Waals surface area (Å²) in [5.41, 5.74) is 0. The van der Waals surface area contributed by atoms with Gasteiger partial charge in [-0.25, -0.2) is 0 Å². The molecule has 1 aliphatic heterocycles. The Kier molecular flexibility index (Phi) is 7.54. The molecule has 1 aliphatic rings. The minimum Gasteiger partial charge on any atom is -0.383 e. The Morgan fingerprint density at radius 3 is 2.89 bits per heavy atom. The van der Waals surface area contributed by atoms with Crippen LogP contribution in [0.5, 0.6) is 0 Å². The minimum absolute atomic E-state index is 0.530. The fraction of sp³-hybridized carbons (Fsp3) is 0.923. The number of likely N-dealkylation sites (tertiary alicyclic amines) is 1. The van der Waals surface area contributed by atoms with E-state index in [9.17, 15) is 0 Å². The molecule has 1 saturated heterocycles. The van der Waals surface area contributed by atoms with E-state index in [2.05, 4.69) is 29.4 Å². The second-order valence-electron chi connectivity index (χ2n) is 5.06. The highest BCUT2D eigenvalue weighted by Crippen LogP contribution is 2.18. The summed E-state index contributed by atoms with van der Waals surface area (Å²) in [6.07, 6.45) is 4.01. The van der Waals surface area contributed by atoms with Crippen molar-refractivity contribution in [1.29, 1.82) is 0 Å². The van der Waals surface area contributed by atoms with Gasteiger partial charge in [0.2, 0.25) is 0 Å². The van der Waals surface area contributed by atoms with Crippen molar-refractivity contribution >= 4 is 17.3 Å². The van der Waals surface area contributed by atoms with E-state index in [1.54, 1.807) is 7.11 Å². The van der Waals surface area contributed by atoms with Crippen LogP contribution in [-0.4, -0.2) is 55.4 Å². The summed E-state index contributed by atoms with van der Waals surface area (Å²) in [5.74, 6) is 0. The van der Waals surface area contributed by atoms with Crippen LogP contribution in [0.3, 0.4) is 0 Å². The third-order valence-electron chi connectivity index (χ3n) is 3.57. The molecule has 0 bridgehead atoms. The Bertz CT molecular complexity index is 250. The van der Waals surface area contributed by atoms with Crippen LogP contribution in [0.4, 0.5) is 0 Å². The molecule has 0 saturated carbocycles. The lowest BCUT2D eigenvalue weighted by atomic mass is 10.0. The number of hydrogen-bond donors (Lipinski definition) is 2. The number of piperidine rings is 1. The van der Waals surface area contributed by atoms with Gasteiger partial charge in [-0.2, -0.15) is 0 Å². The van der Waals surface area contributed by atoms with Gasteiger partial charge in [-0.1, -0.05) is 6.42 Å². The zero-order valence-corrected chi connectivity index (χ0v) is 12.7. The van der Waals surface area contributed by atoms with Gasteiger partial charge in [0.25, 0.3) is 0 Å². The maximum absolute atomic E-state index is 5.22. The van der Waals surface area contributed by atoms with E-state index in [-0.39, 0.29) is 0 Å². The molecule has 0 aromatic heterocycles. The molecule has 1 fully saturated rings. The van der Waals surface area contributed by atoms with Crippen molar-refractivity contribution in [3.8, 4) is 0 Å². The first-order valence-corrected chi connectivity index (χ1v) is 7.32. The van der Waals surface area contributed by atoms with E-state index in [1.807, 2.05) is 0 Å². The summed E-state index contributed by atoms with van der Waals surface area (Å²) in [6.45, 7) is 8.16. The molecule has 0 radical (unpaired) electrons. The molecule has 106 valence electrons. The molecule has 18 heavy (non-hydrogen) atoms. The van der Waals surface area contributed by atoms with Crippen LogP contribution in [0.2, 0.25) is 0 Å². The highest BCUT2D eigenvalue weighted by atomic mass is 32.1. The number of nitrogens with one attached hydrogen (secondary N) is 2. The Balaban J connectivity index is 2.19. The molecule has 0 aliphatic carbocycles. The monoisotopic (exact) mass is 273 g/mol. The zero-order valence-electron chi connectivity index (χ0n) is 11.9.